The van der Waals surface area contributed by atoms with Crippen molar-refractivity contribution in [2.45, 2.75) is 26.1 Å². The van der Waals surface area contributed by atoms with Gasteiger partial charge in [-0.25, -0.2) is 0 Å². The maximum absolute atomic E-state index is 13.6. The summed E-state index contributed by atoms with van der Waals surface area (Å²) in [6, 6.07) is 17.6. The Bertz CT molecular complexity index is 1140. The molecular formula is C23H20F3N3OS. The molecule has 0 fully saturated rings. The number of halogens is 3. The molecule has 0 unspecified atom stereocenters. The number of benzene rings is 2. The van der Waals surface area contributed by atoms with Crippen LogP contribution in [0.25, 0.3) is 33.3 Å². The van der Waals surface area contributed by atoms with Crippen LogP contribution in [-0.2, 0) is 12.7 Å². The summed E-state index contributed by atoms with van der Waals surface area (Å²) in [7, 11) is 0. The Balaban J connectivity index is 1.61. The fourth-order valence-corrected chi connectivity index (χ4v) is 4.13. The minimum Gasteiger partial charge on any atom is -0.333 e. The SMILES string of the molecule is CCCNCc1ccc(-c2noc(-c3cc(-c4ccccc4)c(C(F)(F)F)s3)n2)cc1. The number of alkyl halides is 3. The van der Waals surface area contributed by atoms with E-state index in [1.807, 2.05) is 24.3 Å². The van der Waals surface area contributed by atoms with E-state index in [-0.39, 0.29) is 16.3 Å². The lowest BCUT2D eigenvalue weighted by molar-refractivity contribution is -0.133. The van der Waals surface area contributed by atoms with Gasteiger partial charge in [0.15, 0.2) is 0 Å². The van der Waals surface area contributed by atoms with Crippen molar-refractivity contribution >= 4 is 11.3 Å². The molecule has 0 aliphatic heterocycles. The molecule has 4 nitrogen and oxygen atoms in total. The largest absolute Gasteiger partial charge is 0.426 e. The molecule has 0 bridgehead atoms. The van der Waals surface area contributed by atoms with E-state index in [2.05, 4.69) is 22.4 Å². The fraction of sp³-hybridized carbons (Fsp3) is 0.217. The molecule has 0 aliphatic carbocycles. The standard InChI is InChI=1S/C23H20F3N3OS/c1-2-12-27-14-15-8-10-17(11-9-15)21-28-22(30-29-21)19-13-18(16-6-4-3-5-7-16)20(31-19)23(24,25)26/h3-11,13,27H,2,12,14H2,1H3. The van der Waals surface area contributed by atoms with E-state index >= 15 is 0 Å². The van der Waals surface area contributed by atoms with Gasteiger partial charge in [0.1, 0.15) is 4.88 Å². The molecule has 0 saturated heterocycles. The number of rotatable bonds is 7. The highest BCUT2D eigenvalue weighted by molar-refractivity contribution is 7.16. The summed E-state index contributed by atoms with van der Waals surface area (Å²) in [6.45, 7) is 3.82. The van der Waals surface area contributed by atoms with Crippen LogP contribution in [0.5, 0.6) is 0 Å². The molecule has 0 amide bonds. The van der Waals surface area contributed by atoms with Crippen molar-refractivity contribution in [3.05, 3.63) is 71.1 Å². The van der Waals surface area contributed by atoms with Gasteiger partial charge in [-0.2, -0.15) is 18.2 Å². The molecule has 0 radical (unpaired) electrons. The number of nitrogens with one attached hydrogen (secondary N) is 1. The molecule has 0 saturated carbocycles. The normalized spacial score (nSPS) is 11.7. The van der Waals surface area contributed by atoms with Crippen molar-refractivity contribution in [2.24, 2.45) is 0 Å². The topological polar surface area (TPSA) is 51.0 Å². The third kappa shape index (κ3) is 4.86. The molecule has 160 valence electrons. The molecule has 31 heavy (non-hydrogen) atoms. The highest BCUT2D eigenvalue weighted by Gasteiger charge is 2.37. The van der Waals surface area contributed by atoms with Crippen LogP contribution in [-0.4, -0.2) is 16.7 Å². The van der Waals surface area contributed by atoms with Crippen molar-refractivity contribution in [1.29, 1.82) is 0 Å². The van der Waals surface area contributed by atoms with E-state index < -0.39 is 11.1 Å². The zero-order valence-electron chi connectivity index (χ0n) is 16.7. The van der Waals surface area contributed by atoms with Crippen LogP contribution in [0.15, 0.2) is 65.2 Å². The van der Waals surface area contributed by atoms with Crippen molar-refractivity contribution in [2.75, 3.05) is 6.54 Å². The molecular weight excluding hydrogens is 423 g/mol. The number of hydrogen-bond donors (Lipinski definition) is 1. The van der Waals surface area contributed by atoms with Gasteiger partial charge in [-0.1, -0.05) is 66.7 Å². The van der Waals surface area contributed by atoms with E-state index in [0.717, 1.165) is 30.6 Å². The lowest BCUT2D eigenvalue weighted by atomic mass is 10.1. The Morgan fingerprint density at radius 3 is 2.42 bits per heavy atom. The van der Waals surface area contributed by atoms with Gasteiger partial charge in [0.05, 0.1) is 4.88 Å². The van der Waals surface area contributed by atoms with Gasteiger partial charge >= 0.3 is 6.18 Å². The third-order valence-electron chi connectivity index (χ3n) is 4.68. The van der Waals surface area contributed by atoms with Crippen LogP contribution in [0, 0.1) is 0 Å². The molecule has 1 N–H and O–H groups in total. The van der Waals surface area contributed by atoms with Gasteiger partial charge in [0, 0.05) is 17.7 Å². The van der Waals surface area contributed by atoms with Gasteiger partial charge in [-0.05, 0) is 30.2 Å². The summed E-state index contributed by atoms with van der Waals surface area (Å²) in [5.74, 6) is 0.410. The van der Waals surface area contributed by atoms with Gasteiger partial charge in [-0.3, -0.25) is 0 Å². The van der Waals surface area contributed by atoms with Crippen LogP contribution in [0.1, 0.15) is 23.8 Å². The summed E-state index contributed by atoms with van der Waals surface area (Å²) < 4.78 is 46.2. The quantitative estimate of drug-likeness (QED) is 0.325. The highest BCUT2D eigenvalue weighted by atomic mass is 32.1. The van der Waals surface area contributed by atoms with Crippen molar-refractivity contribution < 1.29 is 17.7 Å². The summed E-state index contributed by atoms with van der Waals surface area (Å²) >= 11 is 0.607. The minimum absolute atomic E-state index is 0.0707. The van der Waals surface area contributed by atoms with E-state index in [4.69, 9.17) is 4.52 Å². The average molecular weight is 443 g/mol. The van der Waals surface area contributed by atoms with E-state index in [1.54, 1.807) is 30.3 Å². The Morgan fingerprint density at radius 2 is 1.74 bits per heavy atom. The second-order valence-electron chi connectivity index (χ2n) is 7.01. The molecule has 4 aromatic rings. The summed E-state index contributed by atoms with van der Waals surface area (Å²) in [4.78, 5) is 3.94. The van der Waals surface area contributed by atoms with E-state index in [9.17, 15) is 13.2 Å². The summed E-state index contributed by atoms with van der Waals surface area (Å²) in [5, 5.41) is 7.29. The second-order valence-corrected chi connectivity index (χ2v) is 8.07. The molecule has 8 heteroatoms. The molecule has 0 spiro atoms. The monoisotopic (exact) mass is 443 g/mol. The minimum atomic E-state index is -4.47. The van der Waals surface area contributed by atoms with Gasteiger partial charge < -0.3 is 9.84 Å². The van der Waals surface area contributed by atoms with Crippen LogP contribution >= 0.6 is 11.3 Å². The average Bonchev–Trinajstić information content (AvgIpc) is 3.43. The smallest absolute Gasteiger partial charge is 0.333 e. The first-order valence-electron chi connectivity index (χ1n) is 9.86. The lowest BCUT2D eigenvalue weighted by Crippen LogP contribution is -2.13. The maximum Gasteiger partial charge on any atom is 0.426 e. The van der Waals surface area contributed by atoms with E-state index in [1.165, 1.54) is 6.07 Å². The maximum atomic E-state index is 13.6. The van der Waals surface area contributed by atoms with Crippen LogP contribution < -0.4 is 5.32 Å². The van der Waals surface area contributed by atoms with Gasteiger partial charge in [-0.15, -0.1) is 11.3 Å². The van der Waals surface area contributed by atoms with Crippen molar-refractivity contribution in [3.8, 4) is 33.3 Å². The summed E-state index contributed by atoms with van der Waals surface area (Å²) in [6.07, 6.45) is -3.41. The first-order valence-corrected chi connectivity index (χ1v) is 10.7. The first kappa shape index (κ1) is 21.3. The predicted molar refractivity (Wildman–Crippen MR) is 115 cm³/mol. The number of hydrogen-bond acceptors (Lipinski definition) is 5. The zero-order valence-corrected chi connectivity index (χ0v) is 17.6. The fourth-order valence-electron chi connectivity index (χ4n) is 3.16. The van der Waals surface area contributed by atoms with Crippen LogP contribution in [0.4, 0.5) is 13.2 Å². The Labute approximate surface area is 181 Å². The van der Waals surface area contributed by atoms with Gasteiger partial charge in [0.25, 0.3) is 5.89 Å². The predicted octanol–water partition coefficient (Wildman–Crippen LogP) is 6.65. The molecule has 2 aromatic heterocycles. The first-order chi connectivity index (χ1) is 15.0. The Morgan fingerprint density at radius 1 is 1.00 bits per heavy atom. The third-order valence-corrected chi connectivity index (χ3v) is 5.85. The molecule has 0 aliphatic rings. The number of thiophene rings is 1. The second kappa shape index (κ2) is 9.03. The summed E-state index contributed by atoms with van der Waals surface area (Å²) in [5.41, 5.74) is 2.47. The van der Waals surface area contributed by atoms with Crippen molar-refractivity contribution in [3.63, 3.8) is 0 Å². The highest BCUT2D eigenvalue weighted by Crippen LogP contribution is 2.45. The Hall–Kier alpha value is -2.97. The Kier molecular flexibility index (Phi) is 6.20. The molecule has 2 heterocycles. The number of nitrogens with zero attached hydrogens (tertiary/aromatic N) is 2. The molecule has 2 aromatic carbocycles. The lowest BCUT2D eigenvalue weighted by Gasteiger charge is -2.07. The van der Waals surface area contributed by atoms with E-state index in [0.29, 0.717) is 22.7 Å². The zero-order chi connectivity index (χ0) is 21.8. The van der Waals surface area contributed by atoms with Crippen LogP contribution in [0.3, 0.4) is 0 Å². The van der Waals surface area contributed by atoms with Crippen LogP contribution in [0.2, 0.25) is 0 Å². The van der Waals surface area contributed by atoms with Crippen molar-refractivity contribution in [1.82, 2.24) is 15.5 Å². The van der Waals surface area contributed by atoms with Gasteiger partial charge in [0.2, 0.25) is 5.82 Å². The number of aromatic nitrogens is 2. The molecule has 4 rings (SSSR count). The molecule has 0 atom stereocenters.